The third kappa shape index (κ3) is 1.27. The molecular formula is C14H17NO2. The summed E-state index contributed by atoms with van der Waals surface area (Å²) in [4.78, 5) is 2.47. The molecule has 3 heterocycles. The van der Waals surface area contributed by atoms with Crippen LogP contribution in [-0.4, -0.2) is 30.4 Å². The average molecular weight is 231 g/mol. The highest BCUT2D eigenvalue weighted by molar-refractivity contribution is 5.34. The second-order valence-corrected chi connectivity index (χ2v) is 5.17. The molecule has 3 aliphatic rings. The predicted octanol–water partition coefficient (Wildman–Crippen LogP) is 2.08. The molecule has 17 heavy (non-hydrogen) atoms. The van der Waals surface area contributed by atoms with E-state index < -0.39 is 0 Å². The monoisotopic (exact) mass is 231 g/mol. The molecule has 90 valence electrons. The fourth-order valence-electron chi connectivity index (χ4n) is 3.61. The van der Waals surface area contributed by atoms with E-state index in [0.29, 0.717) is 6.61 Å². The van der Waals surface area contributed by atoms with Crippen LogP contribution in [0.5, 0.6) is 0 Å². The first kappa shape index (κ1) is 10.1. The van der Waals surface area contributed by atoms with Gasteiger partial charge in [0.15, 0.2) is 5.72 Å². The molecule has 1 aromatic rings. The minimum atomic E-state index is -0.160. The van der Waals surface area contributed by atoms with Crippen molar-refractivity contribution < 1.29 is 9.47 Å². The molecule has 1 aromatic carbocycles. The van der Waals surface area contributed by atoms with Crippen LogP contribution < -0.4 is 0 Å². The molecule has 1 spiro atoms. The lowest BCUT2D eigenvalue weighted by Gasteiger charge is -2.50. The van der Waals surface area contributed by atoms with Crippen LogP contribution in [0.4, 0.5) is 0 Å². The third-order valence-corrected chi connectivity index (χ3v) is 4.33. The summed E-state index contributed by atoms with van der Waals surface area (Å²) in [6, 6.07) is 8.64. The maximum absolute atomic E-state index is 6.15. The van der Waals surface area contributed by atoms with E-state index in [2.05, 4.69) is 29.2 Å². The van der Waals surface area contributed by atoms with Crippen molar-refractivity contribution >= 4 is 0 Å². The summed E-state index contributed by atoms with van der Waals surface area (Å²) < 4.78 is 12.2. The van der Waals surface area contributed by atoms with Crippen molar-refractivity contribution in [1.29, 1.82) is 0 Å². The normalized spacial score (nSPS) is 36.1. The molecule has 2 saturated heterocycles. The lowest BCUT2D eigenvalue weighted by Crippen LogP contribution is -2.56. The van der Waals surface area contributed by atoms with Crippen molar-refractivity contribution in [2.75, 3.05) is 19.8 Å². The third-order valence-electron chi connectivity index (χ3n) is 4.33. The van der Waals surface area contributed by atoms with Gasteiger partial charge in [-0.25, -0.2) is 0 Å². The molecule has 0 radical (unpaired) electrons. The second-order valence-electron chi connectivity index (χ2n) is 5.17. The van der Waals surface area contributed by atoms with Gasteiger partial charge in [0.2, 0.25) is 0 Å². The maximum atomic E-state index is 6.15. The highest BCUT2D eigenvalue weighted by Crippen LogP contribution is 2.49. The topological polar surface area (TPSA) is 21.7 Å². The Labute approximate surface area is 101 Å². The van der Waals surface area contributed by atoms with Crippen LogP contribution in [0.1, 0.15) is 30.1 Å². The summed E-state index contributed by atoms with van der Waals surface area (Å²) in [5, 5.41) is 0. The van der Waals surface area contributed by atoms with E-state index in [1.807, 2.05) is 0 Å². The first-order valence-electron chi connectivity index (χ1n) is 6.49. The Morgan fingerprint density at radius 2 is 2.18 bits per heavy atom. The summed E-state index contributed by atoms with van der Waals surface area (Å²) in [6.45, 7) is 3.59. The van der Waals surface area contributed by atoms with Gasteiger partial charge in [-0.2, -0.15) is 0 Å². The van der Waals surface area contributed by atoms with Crippen LogP contribution in [0, 0.1) is 0 Å². The molecule has 4 rings (SSSR count). The van der Waals surface area contributed by atoms with E-state index in [4.69, 9.17) is 9.47 Å². The zero-order chi connectivity index (χ0) is 11.3. The van der Waals surface area contributed by atoms with Gasteiger partial charge in [0.1, 0.15) is 6.10 Å². The van der Waals surface area contributed by atoms with Gasteiger partial charge in [-0.15, -0.1) is 0 Å². The smallest absolute Gasteiger partial charge is 0.152 e. The fourth-order valence-corrected chi connectivity index (χ4v) is 3.61. The minimum absolute atomic E-state index is 0.115. The van der Waals surface area contributed by atoms with E-state index in [-0.39, 0.29) is 11.8 Å². The number of hydrogen-bond acceptors (Lipinski definition) is 3. The SMILES string of the molecule is c1ccc2c(c1)CN1CCCC13OCCOC23. The zero-order valence-electron chi connectivity index (χ0n) is 9.89. The molecule has 2 atom stereocenters. The van der Waals surface area contributed by atoms with Gasteiger partial charge in [0.25, 0.3) is 0 Å². The molecule has 2 fully saturated rings. The lowest BCUT2D eigenvalue weighted by atomic mass is 9.87. The van der Waals surface area contributed by atoms with Crippen molar-refractivity contribution in [3.8, 4) is 0 Å². The van der Waals surface area contributed by atoms with Gasteiger partial charge in [-0.1, -0.05) is 24.3 Å². The molecule has 0 aromatic heterocycles. The molecule has 0 saturated carbocycles. The van der Waals surface area contributed by atoms with Crippen LogP contribution in [-0.2, 0) is 16.0 Å². The second kappa shape index (κ2) is 3.55. The number of nitrogens with zero attached hydrogens (tertiary/aromatic N) is 1. The van der Waals surface area contributed by atoms with Gasteiger partial charge in [0.05, 0.1) is 13.2 Å². The molecule has 0 amide bonds. The number of rotatable bonds is 0. The Hall–Kier alpha value is -0.900. The first-order valence-corrected chi connectivity index (χ1v) is 6.49. The van der Waals surface area contributed by atoms with Crippen LogP contribution in [0.3, 0.4) is 0 Å². The minimum Gasteiger partial charge on any atom is -0.367 e. The van der Waals surface area contributed by atoms with Gasteiger partial charge in [-0.05, 0) is 24.0 Å². The van der Waals surface area contributed by atoms with Crippen LogP contribution in [0.15, 0.2) is 24.3 Å². The van der Waals surface area contributed by atoms with Gasteiger partial charge >= 0.3 is 0 Å². The van der Waals surface area contributed by atoms with Gasteiger partial charge < -0.3 is 9.47 Å². The Morgan fingerprint density at radius 1 is 1.24 bits per heavy atom. The highest BCUT2D eigenvalue weighted by Gasteiger charge is 2.54. The average Bonchev–Trinajstić information content (AvgIpc) is 2.78. The molecule has 0 aliphatic carbocycles. The van der Waals surface area contributed by atoms with Crippen molar-refractivity contribution in [3.05, 3.63) is 35.4 Å². The summed E-state index contributed by atoms with van der Waals surface area (Å²) in [5.74, 6) is 0. The Morgan fingerprint density at radius 3 is 3.18 bits per heavy atom. The number of hydrogen-bond donors (Lipinski definition) is 0. The van der Waals surface area contributed by atoms with E-state index in [0.717, 1.165) is 26.1 Å². The largest absolute Gasteiger partial charge is 0.367 e. The summed E-state index contributed by atoms with van der Waals surface area (Å²) in [6.07, 6.45) is 2.43. The fraction of sp³-hybridized carbons (Fsp3) is 0.571. The molecule has 3 heteroatoms. The lowest BCUT2D eigenvalue weighted by molar-refractivity contribution is -0.268. The molecule has 0 bridgehead atoms. The van der Waals surface area contributed by atoms with E-state index in [1.165, 1.54) is 17.5 Å². The molecule has 0 N–H and O–H groups in total. The standard InChI is InChI=1S/C14H17NO2/c1-2-5-12-11(4-1)10-15-7-3-6-14(15)13(12)16-8-9-17-14/h1-2,4-5,13H,3,6-10H2. The molecule has 2 unspecified atom stereocenters. The van der Waals surface area contributed by atoms with Crippen molar-refractivity contribution in [2.45, 2.75) is 31.2 Å². The predicted molar refractivity (Wildman–Crippen MR) is 63.5 cm³/mol. The number of ether oxygens (including phenoxy) is 2. The van der Waals surface area contributed by atoms with Crippen molar-refractivity contribution in [2.24, 2.45) is 0 Å². The van der Waals surface area contributed by atoms with Gasteiger partial charge in [0, 0.05) is 13.1 Å². The summed E-state index contributed by atoms with van der Waals surface area (Å²) in [5.41, 5.74) is 2.58. The van der Waals surface area contributed by atoms with Crippen molar-refractivity contribution in [1.82, 2.24) is 4.90 Å². The van der Waals surface area contributed by atoms with Crippen LogP contribution >= 0.6 is 0 Å². The molecule has 3 aliphatic heterocycles. The Balaban J connectivity index is 1.86. The van der Waals surface area contributed by atoms with Crippen LogP contribution in [0.2, 0.25) is 0 Å². The van der Waals surface area contributed by atoms with E-state index in [1.54, 1.807) is 0 Å². The molecule has 3 nitrogen and oxygen atoms in total. The number of fused-ring (bicyclic) bond motifs is 2. The summed E-state index contributed by atoms with van der Waals surface area (Å²) in [7, 11) is 0. The Kier molecular flexibility index (Phi) is 2.10. The Bertz CT molecular complexity index is 448. The van der Waals surface area contributed by atoms with Crippen LogP contribution in [0.25, 0.3) is 0 Å². The first-order chi connectivity index (χ1) is 8.40. The molecular weight excluding hydrogens is 214 g/mol. The highest BCUT2D eigenvalue weighted by atomic mass is 16.6. The quantitative estimate of drug-likeness (QED) is 0.682. The van der Waals surface area contributed by atoms with E-state index >= 15 is 0 Å². The summed E-state index contributed by atoms with van der Waals surface area (Å²) >= 11 is 0. The van der Waals surface area contributed by atoms with E-state index in [9.17, 15) is 0 Å². The van der Waals surface area contributed by atoms with Gasteiger partial charge in [-0.3, -0.25) is 4.90 Å². The number of benzene rings is 1. The van der Waals surface area contributed by atoms with Crippen molar-refractivity contribution in [3.63, 3.8) is 0 Å². The maximum Gasteiger partial charge on any atom is 0.152 e. The zero-order valence-corrected chi connectivity index (χ0v) is 9.89.